The normalized spacial score (nSPS) is 13.9. The van der Waals surface area contributed by atoms with Crippen LogP contribution >= 0.6 is 0 Å². The molecule has 5 heteroatoms. The molecule has 0 aromatic heterocycles. The van der Waals surface area contributed by atoms with Crippen molar-refractivity contribution in [3.05, 3.63) is 29.8 Å². The van der Waals surface area contributed by atoms with Crippen LogP contribution in [0.3, 0.4) is 0 Å². The van der Waals surface area contributed by atoms with Gasteiger partial charge in [-0.05, 0) is 37.0 Å². The van der Waals surface area contributed by atoms with E-state index in [1.165, 1.54) is 0 Å². The Kier molecular flexibility index (Phi) is 4.61. The van der Waals surface area contributed by atoms with E-state index < -0.39 is 0 Å². The first-order valence-electron chi connectivity index (χ1n) is 6.89. The number of carbonyl (C=O) groups is 2. The Hall–Kier alpha value is -2.04. The van der Waals surface area contributed by atoms with Crippen LogP contribution in [0.25, 0.3) is 0 Å². The molecule has 1 fully saturated rings. The lowest BCUT2D eigenvalue weighted by atomic mass is 10.2. The number of esters is 1. The minimum atomic E-state index is -0.370. The van der Waals surface area contributed by atoms with Crippen molar-refractivity contribution in [1.82, 2.24) is 5.32 Å². The molecule has 1 aromatic carbocycles. The summed E-state index contributed by atoms with van der Waals surface area (Å²) in [6.07, 6.45) is 2.07. The van der Waals surface area contributed by atoms with Crippen LogP contribution in [0.1, 0.15) is 37.0 Å². The van der Waals surface area contributed by atoms with Gasteiger partial charge in [0.2, 0.25) is 0 Å². The zero-order valence-electron chi connectivity index (χ0n) is 11.8. The van der Waals surface area contributed by atoms with Crippen molar-refractivity contribution >= 4 is 17.7 Å². The third-order valence-electron chi connectivity index (χ3n) is 2.82. The second-order valence-electron chi connectivity index (χ2n) is 5.45. The lowest BCUT2D eigenvalue weighted by Crippen LogP contribution is -2.30. The molecule has 2 N–H and O–H groups in total. The summed E-state index contributed by atoms with van der Waals surface area (Å²) in [6.45, 7) is 4.35. The molecule has 2 amide bonds. The number of benzene rings is 1. The molecule has 108 valence electrons. The van der Waals surface area contributed by atoms with E-state index in [0.717, 1.165) is 12.8 Å². The van der Waals surface area contributed by atoms with Gasteiger partial charge in [0.25, 0.3) is 0 Å². The SMILES string of the molecule is CC(C)COC(=O)c1cccc(NC(=O)NC2CC2)c1. The van der Waals surface area contributed by atoms with Crippen molar-refractivity contribution in [3.63, 3.8) is 0 Å². The van der Waals surface area contributed by atoms with E-state index in [1.54, 1.807) is 24.3 Å². The fraction of sp³-hybridized carbons (Fsp3) is 0.467. The molecule has 0 unspecified atom stereocenters. The van der Waals surface area contributed by atoms with Gasteiger partial charge in [-0.2, -0.15) is 0 Å². The molecular formula is C15H20N2O3. The minimum Gasteiger partial charge on any atom is -0.462 e. The molecule has 0 radical (unpaired) electrons. The Morgan fingerprint density at radius 3 is 2.75 bits per heavy atom. The number of rotatable bonds is 5. The van der Waals surface area contributed by atoms with Crippen LogP contribution < -0.4 is 10.6 Å². The number of ether oxygens (including phenoxy) is 1. The summed E-state index contributed by atoms with van der Waals surface area (Å²) >= 11 is 0. The molecule has 0 saturated heterocycles. The van der Waals surface area contributed by atoms with Crippen LogP contribution in [0, 0.1) is 5.92 Å². The summed E-state index contributed by atoms with van der Waals surface area (Å²) < 4.78 is 5.16. The highest BCUT2D eigenvalue weighted by Crippen LogP contribution is 2.19. The Morgan fingerprint density at radius 1 is 1.35 bits per heavy atom. The monoisotopic (exact) mass is 276 g/mol. The van der Waals surface area contributed by atoms with Crippen LogP contribution in [0.15, 0.2) is 24.3 Å². The summed E-state index contributed by atoms with van der Waals surface area (Å²) in [4.78, 5) is 23.4. The van der Waals surface area contributed by atoms with Gasteiger partial charge >= 0.3 is 12.0 Å². The van der Waals surface area contributed by atoms with Crippen molar-refractivity contribution in [2.45, 2.75) is 32.7 Å². The van der Waals surface area contributed by atoms with E-state index in [0.29, 0.717) is 29.8 Å². The molecule has 0 heterocycles. The molecule has 1 saturated carbocycles. The predicted octanol–water partition coefficient (Wildman–Crippen LogP) is 2.78. The molecule has 0 spiro atoms. The summed E-state index contributed by atoms with van der Waals surface area (Å²) in [7, 11) is 0. The van der Waals surface area contributed by atoms with Crippen LogP contribution in [0.5, 0.6) is 0 Å². The van der Waals surface area contributed by atoms with Gasteiger partial charge in [-0.3, -0.25) is 0 Å². The Balaban J connectivity index is 1.92. The van der Waals surface area contributed by atoms with Gasteiger partial charge in [-0.1, -0.05) is 19.9 Å². The highest BCUT2D eigenvalue weighted by atomic mass is 16.5. The molecule has 20 heavy (non-hydrogen) atoms. The zero-order chi connectivity index (χ0) is 14.5. The summed E-state index contributed by atoms with van der Waals surface area (Å²) in [5.74, 6) is -0.0745. The minimum absolute atomic E-state index is 0.236. The Bertz CT molecular complexity index is 496. The molecule has 0 atom stereocenters. The molecule has 0 aliphatic heterocycles. The third-order valence-corrected chi connectivity index (χ3v) is 2.82. The first kappa shape index (κ1) is 14.4. The van der Waals surface area contributed by atoms with Gasteiger partial charge < -0.3 is 15.4 Å². The van der Waals surface area contributed by atoms with Crippen LogP contribution in [0.4, 0.5) is 10.5 Å². The lowest BCUT2D eigenvalue weighted by molar-refractivity contribution is 0.0459. The molecule has 5 nitrogen and oxygen atoms in total. The molecule has 1 aromatic rings. The van der Waals surface area contributed by atoms with Crippen molar-refractivity contribution in [1.29, 1.82) is 0 Å². The largest absolute Gasteiger partial charge is 0.462 e. The molecule has 1 aliphatic carbocycles. The van der Waals surface area contributed by atoms with Gasteiger partial charge in [-0.15, -0.1) is 0 Å². The maximum absolute atomic E-state index is 11.8. The average molecular weight is 276 g/mol. The summed E-state index contributed by atoms with van der Waals surface area (Å²) in [5, 5.41) is 5.54. The second-order valence-corrected chi connectivity index (χ2v) is 5.45. The third kappa shape index (κ3) is 4.57. The highest BCUT2D eigenvalue weighted by Gasteiger charge is 2.23. The van der Waals surface area contributed by atoms with Gasteiger partial charge in [0.05, 0.1) is 12.2 Å². The zero-order valence-corrected chi connectivity index (χ0v) is 11.8. The Morgan fingerprint density at radius 2 is 2.10 bits per heavy atom. The van der Waals surface area contributed by atoms with Crippen LogP contribution in [-0.2, 0) is 4.74 Å². The van der Waals surface area contributed by atoms with Crippen molar-refractivity contribution in [2.24, 2.45) is 5.92 Å². The van der Waals surface area contributed by atoms with E-state index in [1.807, 2.05) is 13.8 Å². The van der Waals surface area contributed by atoms with Gasteiger partial charge in [0.1, 0.15) is 0 Å². The van der Waals surface area contributed by atoms with Gasteiger partial charge in [0.15, 0.2) is 0 Å². The van der Waals surface area contributed by atoms with E-state index in [4.69, 9.17) is 4.74 Å². The second kappa shape index (κ2) is 6.41. The number of amides is 2. The quantitative estimate of drug-likeness (QED) is 0.813. The van der Waals surface area contributed by atoms with E-state index >= 15 is 0 Å². The average Bonchev–Trinajstić information content (AvgIpc) is 3.19. The molecule has 2 rings (SSSR count). The number of hydrogen-bond donors (Lipinski definition) is 2. The molecule has 0 bridgehead atoms. The van der Waals surface area contributed by atoms with E-state index in [-0.39, 0.29) is 12.0 Å². The van der Waals surface area contributed by atoms with Gasteiger partial charge in [-0.25, -0.2) is 9.59 Å². The van der Waals surface area contributed by atoms with Gasteiger partial charge in [0, 0.05) is 11.7 Å². The van der Waals surface area contributed by atoms with E-state index in [2.05, 4.69) is 10.6 Å². The van der Waals surface area contributed by atoms with Crippen molar-refractivity contribution < 1.29 is 14.3 Å². The van der Waals surface area contributed by atoms with Crippen LogP contribution in [0.2, 0.25) is 0 Å². The summed E-state index contributed by atoms with van der Waals surface area (Å²) in [5.41, 5.74) is 1.03. The topological polar surface area (TPSA) is 67.4 Å². The number of nitrogens with one attached hydrogen (secondary N) is 2. The van der Waals surface area contributed by atoms with Crippen molar-refractivity contribution in [2.75, 3.05) is 11.9 Å². The maximum atomic E-state index is 11.8. The number of hydrogen-bond acceptors (Lipinski definition) is 3. The molecule has 1 aliphatic rings. The first-order chi connectivity index (χ1) is 9.54. The highest BCUT2D eigenvalue weighted by molar-refractivity contribution is 5.94. The predicted molar refractivity (Wildman–Crippen MR) is 76.7 cm³/mol. The first-order valence-corrected chi connectivity index (χ1v) is 6.89. The lowest BCUT2D eigenvalue weighted by Gasteiger charge is -2.09. The van der Waals surface area contributed by atoms with Crippen LogP contribution in [-0.4, -0.2) is 24.6 Å². The number of urea groups is 1. The summed E-state index contributed by atoms with van der Waals surface area (Å²) in [6, 6.07) is 6.82. The fourth-order valence-corrected chi connectivity index (χ4v) is 1.63. The molecular weight excluding hydrogens is 256 g/mol. The smallest absolute Gasteiger partial charge is 0.338 e. The van der Waals surface area contributed by atoms with E-state index in [9.17, 15) is 9.59 Å². The van der Waals surface area contributed by atoms with Crippen molar-refractivity contribution in [3.8, 4) is 0 Å². The maximum Gasteiger partial charge on any atom is 0.338 e. The fourth-order valence-electron chi connectivity index (χ4n) is 1.63. The Labute approximate surface area is 118 Å². The number of anilines is 1. The standard InChI is InChI=1S/C15H20N2O3/c1-10(2)9-20-14(18)11-4-3-5-13(8-11)17-15(19)16-12-6-7-12/h3-5,8,10,12H,6-7,9H2,1-2H3,(H2,16,17,19). The number of carbonyl (C=O) groups excluding carboxylic acids is 2.